The first-order valence-electron chi connectivity index (χ1n) is 6.10. The Hall–Kier alpha value is -1.61. The summed E-state index contributed by atoms with van der Waals surface area (Å²) in [6.07, 6.45) is 0.0872. The highest BCUT2D eigenvalue weighted by Crippen LogP contribution is 2.30. The summed E-state index contributed by atoms with van der Waals surface area (Å²) in [6, 6.07) is 6.45. The highest BCUT2D eigenvalue weighted by atomic mass is 16.5. The van der Waals surface area contributed by atoms with Crippen LogP contribution in [0.4, 0.5) is 0 Å². The molecule has 1 atom stereocenters. The van der Waals surface area contributed by atoms with Gasteiger partial charge in [-0.05, 0) is 44.9 Å². The van der Waals surface area contributed by atoms with Gasteiger partial charge in [0, 0.05) is 12.7 Å². The zero-order valence-electron chi connectivity index (χ0n) is 11.6. The number of ether oxygens (including phenoxy) is 1. The van der Waals surface area contributed by atoms with Crippen LogP contribution >= 0.6 is 0 Å². The van der Waals surface area contributed by atoms with E-state index >= 15 is 0 Å². The van der Waals surface area contributed by atoms with E-state index in [0.29, 0.717) is 0 Å². The summed E-state index contributed by atoms with van der Waals surface area (Å²) in [7, 11) is 1.72. The smallest absolute Gasteiger partial charge is 0.141 e. The largest absolute Gasteiger partial charge is 0.377 e. The van der Waals surface area contributed by atoms with Gasteiger partial charge in [0.1, 0.15) is 5.76 Å². The van der Waals surface area contributed by atoms with Crippen molar-refractivity contribution < 1.29 is 9.26 Å². The second kappa shape index (κ2) is 4.94. The molecule has 1 heterocycles. The lowest BCUT2D eigenvalue weighted by Gasteiger charge is -2.13. The van der Waals surface area contributed by atoms with Crippen molar-refractivity contribution in [3.8, 4) is 11.1 Å². The van der Waals surface area contributed by atoms with E-state index < -0.39 is 0 Å². The summed E-state index contributed by atoms with van der Waals surface area (Å²) >= 11 is 0. The monoisotopic (exact) mass is 245 g/mol. The van der Waals surface area contributed by atoms with Crippen molar-refractivity contribution in [2.75, 3.05) is 7.11 Å². The second-order valence-electron chi connectivity index (χ2n) is 4.71. The Morgan fingerprint density at radius 3 is 2.44 bits per heavy atom. The molecule has 0 spiro atoms. The molecule has 0 amide bonds. The predicted octanol–water partition coefficient (Wildman–Crippen LogP) is 3.97. The molecule has 1 unspecified atom stereocenters. The fraction of sp³-hybridized carbons (Fsp3) is 0.400. The SMILES string of the molecule is COC(C)c1cc(C)cc(-c2c(C)noc2C)c1. The first kappa shape index (κ1) is 12.8. The third-order valence-electron chi connectivity index (χ3n) is 3.24. The van der Waals surface area contributed by atoms with E-state index in [9.17, 15) is 0 Å². The molecule has 0 saturated heterocycles. The number of methoxy groups -OCH3 is 1. The molecule has 0 saturated carbocycles. The number of hydrogen-bond donors (Lipinski definition) is 0. The van der Waals surface area contributed by atoms with E-state index in [1.165, 1.54) is 11.1 Å². The quantitative estimate of drug-likeness (QED) is 0.820. The average molecular weight is 245 g/mol. The summed E-state index contributed by atoms with van der Waals surface area (Å²) in [6.45, 7) is 8.05. The Balaban J connectivity index is 2.55. The maximum Gasteiger partial charge on any atom is 0.141 e. The Kier molecular flexibility index (Phi) is 3.53. The summed E-state index contributed by atoms with van der Waals surface area (Å²) in [5.74, 6) is 0.856. The fourth-order valence-corrected chi connectivity index (χ4v) is 2.22. The lowest BCUT2D eigenvalue weighted by atomic mass is 9.97. The molecule has 96 valence electrons. The summed E-state index contributed by atoms with van der Waals surface area (Å²) in [5.41, 5.74) is 5.54. The minimum atomic E-state index is 0.0872. The molecule has 3 nitrogen and oxygen atoms in total. The molecule has 0 radical (unpaired) electrons. The second-order valence-corrected chi connectivity index (χ2v) is 4.71. The molecule has 0 aliphatic rings. The highest BCUT2D eigenvalue weighted by molar-refractivity contribution is 5.69. The van der Waals surface area contributed by atoms with E-state index in [1.807, 2.05) is 20.8 Å². The van der Waals surface area contributed by atoms with E-state index in [1.54, 1.807) is 7.11 Å². The normalized spacial score (nSPS) is 12.7. The van der Waals surface area contributed by atoms with Crippen LogP contribution in [-0.4, -0.2) is 12.3 Å². The first-order chi connectivity index (χ1) is 8.52. The highest BCUT2D eigenvalue weighted by Gasteiger charge is 2.14. The lowest BCUT2D eigenvalue weighted by Crippen LogP contribution is -1.97. The molecule has 0 bridgehead atoms. The fourth-order valence-electron chi connectivity index (χ4n) is 2.22. The van der Waals surface area contributed by atoms with Crippen LogP contribution in [0, 0.1) is 20.8 Å². The van der Waals surface area contributed by atoms with Gasteiger partial charge in [-0.3, -0.25) is 0 Å². The minimum absolute atomic E-state index is 0.0872. The van der Waals surface area contributed by atoms with Crippen molar-refractivity contribution in [1.29, 1.82) is 0 Å². The Bertz CT molecular complexity index is 538. The van der Waals surface area contributed by atoms with E-state index in [0.717, 1.165) is 22.6 Å². The van der Waals surface area contributed by atoms with Gasteiger partial charge in [-0.25, -0.2) is 0 Å². The van der Waals surface area contributed by atoms with Gasteiger partial charge in [0.15, 0.2) is 0 Å². The van der Waals surface area contributed by atoms with E-state index in [2.05, 4.69) is 30.3 Å². The van der Waals surface area contributed by atoms with Crippen molar-refractivity contribution >= 4 is 0 Å². The van der Waals surface area contributed by atoms with Crippen molar-refractivity contribution in [3.63, 3.8) is 0 Å². The molecule has 2 rings (SSSR count). The minimum Gasteiger partial charge on any atom is -0.377 e. The Morgan fingerprint density at radius 1 is 1.17 bits per heavy atom. The Labute approximate surface area is 108 Å². The third-order valence-corrected chi connectivity index (χ3v) is 3.24. The van der Waals surface area contributed by atoms with Gasteiger partial charge in [-0.15, -0.1) is 0 Å². The maximum atomic E-state index is 5.38. The molecule has 0 N–H and O–H groups in total. The van der Waals surface area contributed by atoms with Crippen LogP contribution in [0.2, 0.25) is 0 Å². The topological polar surface area (TPSA) is 35.3 Å². The number of rotatable bonds is 3. The van der Waals surface area contributed by atoms with Crippen LogP contribution in [0.15, 0.2) is 22.7 Å². The van der Waals surface area contributed by atoms with Crippen molar-refractivity contribution in [2.45, 2.75) is 33.8 Å². The van der Waals surface area contributed by atoms with Gasteiger partial charge in [-0.2, -0.15) is 0 Å². The molecule has 3 heteroatoms. The van der Waals surface area contributed by atoms with Crippen LogP contribution in [-0.2, 0) is 4.74 Å². The van der Waals surface area contributed by atoms with Gasteiger partial charge in [0.05, 0.1) is 11.8 Å². The molecule has 2 aromatic rings. The van der Waals surface area contributed by atoms with Crippen molar-refractivity contribution in [1.82, 2.24) is 5.16 Å². The molecule has 1 aromatic carbocycles. The van der Waals surface area contributed by atoms with Crippen molar-refractivity contribution in [3.05, 3.63) is 40.8 Å². The number of hydrogen-bond acceptors (Lipinski definition) is 3. The molecular weight excluding hydrogens is 226 g/mol. The standard InChI is InChI=1S/C15H19NO2/c1-9-6-13(11(3)17-5)8-14(7-9)15-10(2)16-18-12(15)4/h6-8,11H,1-5H3. The van der Waals surface area contributed by atoms with Crippen LogP contribution in [0.1, 0.15) is 35.6 Å². The van der Waals surface area contributed by atoms with Crippen LogP contribution in [0.25, 0.3) is 11.1 Å². The molecule has 0 aliphatic heterocycles. The van der Waals surface area contributed by atoms with Gasteiger partial charge >= 0.3 is 0 Å². The molecule has 0 aliphatic carbocycles. The van der Waals surface area contributed by atoms with E-state index in [-0.39, 0.29) is 6.10 Å². The number of benzene rings is 1. The summed E-state index contributed by atoms with van der Waals surface area (Å²) < 4.78 is 10.6. The zero-order valence-corrected chi connectivity index (χ0v) is 11.6. The summed E-state index contributed by atoms with van der Waals surface area (Å²) in [4.78, 5) is 0. The Morgan fingerprint density at radius 2 is 1.89 bits per heavy atom. The van der Waals surface area contributed by atoms with E-state index in [4.69, 9.17) is 9.26 Å². The third kappa shape index (κ3) is 2.31. The van der Waals surface area contributed by atoms with Gasteiger partial charge < -0.3 is 9.26 Å². The van der Waals surface area contributed by atoms with Gasteiger partial charge in [-0.1, -0.05) is 22.9 Å². The lowest BCUT2D eigenvalue weighted by molar-refractivity contribution is 0.119. The first-order valence-corrected chi connectivity index (χ1v) is 6.10. The maximum absolute atomic E-state index is 5.38. The number of nitrogens with zero attached hydrogens (tertiary/aromatic N) is 1. The molecule has 18 heavy (non-hydrogen) atoms. The predicted molar refractivity (Wildman–Crippen MR) is 71.6 cm³/mol. The summed E-state index contributed by atoms with van der Waals surface area (Å²) in [5, 5.41) is 4.01. The molecular formula is C15H19NO2. The molecule has 0 fully saturated rings. The van der Waals surface area contributed by atoms with Crippen LogP contribution in [0.3, 0.4) is 0 Å². The van der Waals surface area contributed by atoms with Gasteiger partial charge in [0.25, 0.3) is 0 Å². The van der Waals surface area contributed by atoms with Crippen molar-refractivity contribution in [2.24, 2.45) is 0 Å². The number of aryl methyl sites for hydroxylation is 3. The molecule has 1 aromatic heterocycles. The average Bonchev–Trinajstić information content (AvgIpc) is 2.67. The van der Waals surface area contributed by atoms with Crippen LogP contribution < -0.4 is 0 Å². The van der Waals surface area contributed by atoms with Gasteiger partial charge in [0.2, 0.25) is 0 Å². The zero-order chi connectivity index (χ0) is 13.3. The van der Waals surface area contributed by atoms with Crippen LogP contribution in [0.5, 0.6) is 0 Å². The number of aromatic nitrogens is 1.